The number of benzene rings is 1. The molecule has 3 heteroatoms. The predicted molar refractivity (Wildman–Crippen MR) is 65.4 cm³/mol. The SMILES string of the molecule is CCCSCC(O)Cc1ccc(O)cc1. The maximum absolute atomic E-state index is 9.72. The molecule has 0 saturated heterocycles. The molecule has 0 bridgehead atoms. The van der Waals surface area contributed by atoms with Gasteiger partial charge in [0, 0.05) is 5.75 Å². The van der Waals surface area contributed by atoms with E-state index in [1.54, 1.807) is 23.9 Å². The van der Waals surface area contributed by atoms with Gasteiger partial charge in [-0.2, -0.15) is 11.8 Å². The van der Waals surface area contributed by atoms with Gasteiger partial charge in [-0.15, -0.1) is 0 Å². The minimum Gasteiger partial charge on any atom is -0.508 e. The van der Waals surface area contributed by atoms with Gasteiger partial charge < -0.3 is 10.2 Å². The number of aromatic hydroxyl groups is 1. The first kappa shape index (κ1) is 12.4. The van der Waals surface area contributed by atoms with Gasteiger partial charge in [0.2, 0.25) is 0 Å². The van der Waals surface area contributed by atoms with Crippen LogP contribution in [0.15, 0.2) is 24.3 Å². The lowest BCUT2D eigenvalue weighted by molar-refractivity contribution is 0.200. The van der Waals surface area contributed by atoms with Crippen LogP contribution in [0.5, 0.6) is 5.75 Å². The van der Waals surface area contributed by atoms with Gasteiger partial charge in [-0.05, 0) is 36.3 Å². The lowest BCUT2D eigenvalue weighted by Gasteiger charge is -2.09. The first-order valence-electron chi connectivity index (χ1n) is 5.26. The third-order valence-corrected chi connectivity index (χ3v) is 3.38. The van der Waals surface area contributed by atoms with Gasteiger partial charge in [0.25, 0.3) is 0 Å². The Hall–Kier alpha value is -0.670. The Morgan fingerprint density at radius 3 is 2.53 bits per heavy atom. The summed E-state index contributed by atoms with van der Waals surface area (Å²) in [6, 6.07) is 7.01. The van der Waals surface area contributed by atoms with Crippen LogP contribution in [0.2, 0.25) is 0 Å². The standard InChI is InChI=1S/C12H18O2S/c1-2-7-15-9-12(14)8-10-3-5-11(13)6-4-10/h3-6,12-14H,2,7-9H2,1H3. The summed E-state index contributed by atoms with van der Waals surface area (Å²) in [5.74, 6) is 2.16. The van der Waals surface area contributed by atoms with Crippen molar-refractivity contribution >= 4 is 11.8 Å². The molecule has 2 nitrogen and oxygen atoms in total. The molecule has 2 N–H and O–H groups in total. The van der Waals surface area contributed by atoms with E-state index < -0.39 is 0 Å². The highest BCUT2D eigenvalue weighted by molar-refractivity contribution is 7.99. The van der Waals surface area contributed by atoms with Crippen LogP contribution >= 0.6 is 11.8 Å². The number of phenols is 1. The van der Waals surface area contributed by atoms with Crippen LogP contribution in [0.3, 0.4) is 0 Å². The average molecular weight is 226 g/mol. The molecule has 0 fully saturated rings. The van der Waals surface area contributed by atoms with Crippen molar-refractivity contribution in [3.63, 3.8) is 0 Å². The molecule has 0 aliphatic carbocycles. The number of hydrogen-bond donors (Lipinski definition) is 2. The molecule has 0 aromatic heterocycles. The highest BCUT2D eigenvalue weighted by Crippen LogP contribution is 2.13. The normalized spacial score (nSPS) is 12.7. The Morgan fingerprint density at radius 1 is 1.27 bits per heavy atom. The van der Waals surface area contributed by atoms with Crippen LogP contribution < -0.4 is 0 Å². The average Bonchev–Trinajstić information content (AvgIpc) is 2.22. The van der Waals surface area contributed by atoms with Gasteiger partial charge in [0.05, 0.1) is 6.10 Å². The van der Waals surface area contributed by atoms with E-state index in [0.29, 0.717) is 6.42 Å². The smallest absolute Gasteiger partial charge is 0.115 e. The van der Waals surface area contributed by atoms with E-state index >= 15 is 0 Å². The fourth-order valence-corrected chi connectivity index (χ4v) is 2.17. The van der Waals surface area contributed by atoms with E-state index in [1.165, 1.54) is 0 Å². The van der Waals surface area contributed by atoms with Crippen LogP contribution in [0, 0.1) is 0 Å². The van der Waals surface area contributed by atoms with Crippen molar-refractivity contribution < 1.29 is 10.2 Å². The third-order valence-electron chi connectivity index (χ3n) is 2.07. The molecular formula is C12H18O2S. The second kappa shape index (κ2) is 6.75. The molecule has 0 amide bonds. The summed E-state index contributed by atoms with van der Waals surface area (Å²) in [6.45, 7) is 2.14. The molecule has 1 unspecified atom stereocenters. The van der Waals surface area contributed by atoms with Gasteiger partial charge in [0.1, 0.15) is 5.75 Å². The summed E-state index contributed by atoms with van der Waals surface area (Å²) in [5.41, 5.74) is 1.07. The molecular weight excluding hydrogens is 208 g/mol. The molecule has 0 heterocycles. The number of thioether (sulfide) groups is 1. The lowest BCUT2D eigenvalue weighted by atomic mass is 10.1. The molecule has 0 saturated carbocycles. The van der Waals surface area contributed by atoms with Crippen molar-refractivity contribution in [2.75, 3.05) is 11.5 Å². The van der Waals surface area contributed by atoms with Crippen molar-refractivity contribution in [3.05, 3.63) is 29.8 Å². The molecule has 0 spiro atoms. The number of hydrogen-bond acceptors (Lipinski definition) is 3. The predicted octanol–water partition coefficient (Wildman–Crippen LogP) is 2.44. The van der Waals surface area contributed by atoms with Crippen molar-refractivity contribution in [2.45, 2.75) is 25.9 Å². The fourth-order valence-electron chi connectivity index (χ4n) is 1.33. The highest BCUT2D eigenvalue weighted by atomic mass is 32.2. The third kappa shape index (κ3) is 5.09. The van der Waals surface area contributed by atoms with Gasteiger partial charge in [-0.25, -0.2) is 0 Å². The Kier molecular flexibility index (Phi) is 5.58. The Balaban J connectivity index is 2.31. The van der Waals surface area contributed by atoms with Gasteiger partial charge in [0.15, 0.2) is 0 Å². The summed E-state index contributed by atoms with van der Waals surface area (Å²) in [6.07, 6.45) is 1.53. The number of rotatable bonds is 6. The molecule has 84 valence electrons. The summed E-state index contributed by atoms with van der Waals surface area (Å²) in [4.78, 5) is 0. The van der Waals surface area contributed by atoms with Crippen molar-refractivity contribution in [3.8, 4) is 5.75 Å². The first-order valence-corrected chi connectivity index (χ1v) is 6.41. The van der Waals surface area contributed by atoms with Crippen LogP contribution in [0.1, 0.15) is 18.9 Å². The highest BCUT2D eigenvalue weighted by Gasteiger charge is 2.05. The van der Waals surface area contributed by atoms with E-state index in [4.69, 9.17) is 5.11 Å². The summed E-state index contributed by atoms with van der Waals surface area (Å²) >= 11 is 1.78. The van der Waals surface area contributed by atoms with Crippen LogP contribution in [0.25, 0.3) is 0 Å². The zero-order chi connectivity index (χ0) is 11.1. The van der Waals surface area contributed by atoms with Gasteiger partial charge >= 0.3 is 0 Å². The molecule has 0 radical (unpaired) electrons. The molecule has 15 heavy (non-hydrogen) atoms. The molecule has 0 aliphatic rings. The van der Waals surface area contributed by atoms with E-state index in [0.717, 1.165) is 23.5 Å². The van der Waals surface area contributed by atoms with Crippen LogP contribution in [-0.2, 0) is 6.42 Å². The Morgan fingerprint density at radius 2 is 1.93 bits per heavy atom. The minimum atomic E-state index is -0.286. The Bertz CT molecular complexity index is 271. The van der Waals surface area contributed by atoms with Crippen LogP contribution in [-0.4, -0.2) is 27.8 Å². The van der Waals surface area contributed by atoms with Crippen molar-refractivity contribution in [1.82, 2.24) is 0 Å². The van der Waals surface area contributed by atoms with E-state index in [-0.39, 0.29) is 11.9 Å². The van der Waals surface area contributed by atoms with E-state index in [1.807, 2.05) is 12.1 Å². The first-order chi connectivity index (χ1) is 7.22. The molecule has 1 aromatic carbocycles. The zero-order valence-electron chi connectivity index (χ0n) is 9.02. The maximum Gasteiger partial charge on any atom is 0.115 e. The number of phenolic OH excluding ortho intramolecular Hbond substituents is 1. The number of aliphatic hydroxyl groups is 1. The van der Waals surface area contributed by atoms with Crippen molar-refractivity contribution in [2.24, 2.45) is 0 Å². The monoisotopic (exact) mass is 226 g/mol. The molecule has 1 rings (SSSR count). The quantitative estimate of drug-likeness (QED) is 0.732. The summed E-state index contributed by atoms with van der Waals surface area (Å²) in [7, 11) is 0. The number of aliphatic hydroxyl groups excluding tert-OH is 1. The van der Waals surface area contributed by atoms with Crippen molar-refractivity contribution in [1.29, 1.82) is 0 Å². The van der Waals surface area contributed by atoms with Crippen LogP contribution in [0.4, 0.5) is 0 Å². The summed E-state index contributed by atoms with van der Waals surface area (Å²) < 4.78 is 0. The summed E-state index contributed by atoms with van der Waals surface area (Å²) in [5, 5.41) is 18.8. The molecule has 1 aromatic rings. The van der Waals surface area contributed by atoms with E-state index in [9.17, 15) is 5.11 Å². The van der Waals surface area contributed by atoms with Gasteiger partial charge in [-0.1, -0.05) is 19.1 Å². The molecule has 0 aliphatic heterocycles. The zero-order valence-corrected chi connectivity index (χ0v) is 9.83. The fraction of sp³-hybridized carbons (Fsp3) is 0.500. The maximum atomic E-state index is 9.72. The minimum absolute atomic E-state index is 0.272. The largest absolute Gasteiger partial charge is 0.508 e. The Labute approximate surface area is 95.3 Å². The second-order valence-corrected chi connectivity index (χ2v) is 4.75. The topological polar surface area (TPSA) is 40.5 Å². The second-order valence-electron chi connectivity index (χ2n) is 3.60. The van der Waals surface area contributed by atoms with E-state index in [2.05, 4.69) is 6.92 Å². The lowest BCUT2D eigenvalue weighted by Crippen LogP contribution is -2.13. The molecule has 1 atom stereocenters. The van der Waals surface area contributed by atoms with Gasteiger partial charge in [-0.3, -0.25) is 0 Å².